The smallest absolute Gasteiger partial charge is 0.335 e. The summed E-state index contributed by atoms with van der Waals surface area (Å²) in [5.41, 5.74) is 1.49. The molecule has 3 nitrogen and oxygen atoms in total. The van der Waals surface area contributed by atoms with E-state index in [9.17, 15) is 4.79 Å². The molecule has 2 N–H and O–H groups in total. The van der Waals surface area contributed by atoms with Crippen molar-refractivity contribution >= 4 is 5.97 Å². The Bertz CT molecular complexity index is 441. The van der Waals surface area contributed by atoms with Crippen molar-refractivity contribution in [3.05, 3.63) is 35.4 Å². The second-order valence-electron chi connectivity index (χ2n) is 6.20. The zero-order chi connectivity index (χ0) is 14.5. The van der Waals surface area contributed by atoms with E-state index in [-0.39, 0.29) is 0 Å². The van der Waals surface area contributed by atoms with Gasteiger partial charge in [-0.2, -0.15) is 0 Å². The Balaban J connectivity index is 1.83. The maximum atomic E-state index is 10.8. The predicted octanol–water partition coefficient (Wildman–Crippen LogP) is 3.69. The molecule has 2 unspecified atom stereocenters. The van der Waals surface area contributed by atoms with Gasteiger partial charge in [0.05, 0.1) is 5.56 Å². The minimum atomic E-state index is -0.867. The average molecular weight is 275 g/mol. The summed E-state index contributed by atoms with van der Waals surface area (Å²) in [6.07, 6.45) is 5.38. The molecular formula is C17H25NO2. The molecule has 3 atom stereocenters. The van der Waals surface area contributed by atoms with Crippen LogP contribution in [0.25, 0.3) is 0 Å². The SMILES string of the molecule is CC1CCCC([C@H](C)NCc2ccc(C(=O)O)cc2)C1. The lowest BCUT2D eigenvalue weighted by Crippen LogP contribution is -2.35. The molecule has 3 heteroatoms. The standard InChI is InChI=1S/C17H25NO2/c1-12-4-3-5-16(10-12)13(2)18-11-14-6-8-15(9-7-14)17(19)20/h6-9,12-13,16,18H,3-5,10-11H2,1-2H3,(H,19,20)/t12?,13-,16?/m0/s1. The van der Waals surface area contributed by atoms with Gasteiger partial charge in [0.15, 0.2) is 0 Å². The van der Waals surface area contributed by atoms with Crippen molar-refractivity contribution in [2.45, 2.75) is 52.1 Å². The first kappa shape index (κ1) is 15.0. The maximum Gasteiger partial charge on any atom is 0.335 e. The van der Waals surface area contributed by atoms with Crippen LogP contribution in [0.3, 0.4) is 0 Å². The Hall–Kier alpha value is -1.35. The van der Waals surface area contributed by atoms with Crippen LogP contribution in [0.5, 0.6) is 0 Å². The fourth-order valence-corrected chi connectivity index (χ4v) is 3.15. The summed E-state index contributed by atoms with van der Waals surface area (Å²) in [7, 11) is 0. The van der Waals surface area contributed by atoms with Crippen LogP contribution in [-0.4, -0.2) is 17.1 Å². The molecule has 1 aliphatic carbocycles. The molecule has 1 aromatic rings. The number of carboxylic acid groups (broad SMARTS) is 1. The summed E-state index contributed by atoms with van der Waals surface area (Å²) in [5.74, 6) is 0.763. The van der Waals surface area contributed by atoms with Crippen LogP contribution in [0.1, 0.15) is 55.5 Å². The highest BCUT2D eigenvalue weighted by atomic mass is 16.4. The molecule has 1 saturated carbocycles. The molecule has 0 aromatic heterocycles. The molecule has 20 heavy (non-hydrogen) atoms. The first-order chi connectivity index (χ1) is 9.56. The van der Waals surface area contributed by atoms with Gasteiger partial charge in [-0.15, -0.1) is 0 Å². The van der Waals surface area contributed by atoms with Gasteiger partial charge in [0.25, 0.3) is 0 Å². The third-order valence-corrected chi connectivity index (χ3v) is 4.51. The van der Waals surface area contributed by atoms with E-state index in [1.54, 1.807) is 12.1 Å². The van der Waals surface area contributed by atoms with E-state index in [1.807, 2.05) is 12.1 Å². The Kier molecular flexibility index (Phi) is 5.18. The molecule has 0 spiro atoms. The van der Waals surface area contributed by atoms with E-state index in [0.717, 1.165) is 23.9 Å². The lowest BCUT2D eigenvalue weighted by Gasteiger charge is -2.32. The van der Waals surface area contributed by atoms with Crippen molar-refractivity contribution in [2.24, 2.45) is 11.8 Å². The number of benzene rings is 1. The second kappa shape index (κ2) is 6.89. The quantitative estimate of drug-likeness (QED) is 0.861. The second-order valence-corrected chi connectivity index (χ2v) is 6.20. The highest BCUT2D eigenvalue weighted by Gasteiger charge is 2.23. The van der Waals surface area contributed by atoms with Gasteiger partial charge in [0.2, 0.25) is 0 Å². The molecule has 2 rings (SSSR count). The van der Waals surface area contributed by atoms with Crippen LogP contribution in [0.2, 0.25) is 0 Å². The van der Waals surface area contributed by atoms with Gasteiger partial charge in [-0.1, -0.05) is 31.9 Å². The summed E-state index contributed by atoms with van der Waals surface area (Å²) in [4.78, 5) is 10.8. The third kappa shape index (κ3) is 4.07. The van der Waals surface area contributed by atoms with Gasteiger partial charge in [0.1, 0.15) is 0 Å². The lowest BCUT2D eigenvalue weighted by molar-refractivity contribution is 0.0697. The van der Waals surface area contributed by atoms with Crippen molar-refractivity contribution in [1.29, 1.82) is 0 Å². The maximum absolute atomic E-state index is 10.8. The van der Waals surface area contributed by atoms with E-state index < -0.39 is 5.97 Å². The molecule has 0 aliphatic heterocycles. The van der Waals surface area contributed by atoms with E-state index in [2.05, 4.69) is 19.2 Å². The molecular weight excluding hydrogens is 250 g/mol. The predicted molar refractivity (Wildman–Crippen MR) is 80.8 cm³/mol. The van der Waals surface area contributed by atoms with Gasteiger partial charge < -0.3 is 10.4 Å². The highest BCUT2D eigenvalue weighted by molar-refractivity contribution is 5.87. The van der Waals surface area contributed by atoms with Crippen molar-refractivity contribution in [1.82, 2.24) is 5.32 Å². The third-order valence-electron chi connectivity index (χ3n) is 4.51. The molecule has 0 radical (unpaired) electrons. The Labute approximate surface area is 121 Å². The monoisotopic (exact) mass is 275 g/mol. The summed E-state index contributed by atoms with van der Waals surface area (Å²) >= 11 is 0. The summed E-state index contributed by atoms with van der Waals surface area (Å²) in [6.45, 7) is 5.43. The van der Waals surface area contributed by atoms with Crippen LogP contribution in [0.4, 0.5) is 0 Å². The molecule has 0 amide bonds. The lowest BCUT2D eigenvalue weighted by atomic mass is 9.79. The van der Waals surface area contributed by atoms with Crippen LogP contribution in [-0.2, 0) is 6.54 Å². The molecule has 1 aromatic carbocycles. The van der Waals surface area contributed by atoms with E-state index in [4.69, 9.17) is 5.11 Å². The molecule has 110 valence electrons. The zero-order valence-corrected chi connectivity index (χ0v) is 12.4. The molecule has 0 bridgehead atoms. The van der Waals surface area contributed by atoms with Gasteiger partial charge in [0, 0.05) is 12.6 Å². The van der Waals surface area contributed by atoms with Gasteiger partial charge in [-0.3, -0.25) is 0 Å². The summed E-state index contributed by atoms with van der Waals surface area (Å²) in [5, 5.41) is 12.5. The number of aromatic carboxylic acids is 1. The van der Waals surface area contributed by atoms with E-state index in [1.165, 1.54) is 25.7 Å². The van der Waals surface area contributed by atoms with Crippen molar-refractivity contribution in [3.63, 3.8) is 0 Å². The number of hydrogen-bond donors (Lipinski definition) is 2. The topological polar surface area (TPSA) is 49.3 Å². The zero-order valence-electron chi connectivity index (χ0n) is 12.4. The normalized spacial score (nSPS) is 24.3. The highest BCUT2D eigenvalue weighted by Crippen LogP contribution is 2.30. The molecule has 0 saturated heterocycles. The molecule has 1 aliphatic rings. The fraction of sp³-hybridized carbons (Fsp3) is 0.588. The van der Waals surface area contributed by atoms with E-state index in [0.29, 0.717) is 11.6 Å². The fourth-order valence-electron chi connectivity index (χ4n) is 3.15. The average Bonchev–Trinajstić information content (AvgIpc) is 2.45. The van der Waals surface area contributed by atoms with Crippen LogP contribution < -0.4 is 5.32 Å². The largest absolute Gasteiger partial charge is 0.478 e. The minimum absolute atomic E-state index is 0.350. The number of carbonyl (C=O) groups is 1. The van der Waals surface area contributed by atoms with Crippen molar-refractivity contribution < 1.29 is 9.90 Å². The number of rotatable bonds is 5. The minimum Gasteiger partial charge on any atom is -0.478 e. The number of nitrogens with one attached hydrogen (secondary N) is 1. The first-order valence-corrected chi connectivity index (χ1v) is 7.62. The van der Waals surface area contributed by atoms with Crippen LogP contribution in [0.15, 0.2) is 24.3 Å². The molecule has 0 heterocycles. The Morgan fingerprint density at radius 2 is 2.05 bits per heavy atom. The first-order valence-electron chi connectivity index (χ1n) is 7.62. The Morgan fingerprint density at radius 1 is 1.35 bits per heavy atom. The van der Waals surface area contributed by atoms with Gasteiger partial charge in [-0.05, 0) is 49.3 Å². The van der Waals surface area contributed by atoms with Crippen molar-refractivity contribution in [2.75, 3.05) is 0 Å². The van der Waals surface area contributed by atoms with Crippen molar-refractivity contribution in [3.8, 4) is 0 Å². The number of carboxylic acids is 1. The summed E-state index contributed by atoms with van der Waals surface area (Å²) in [6, 6.07) is 7.66. The van der Waals surface area contributed by atoms with E-state index >= 15 is 0 Å². The summed E-state index contributed by atoms with van der Waals surface area (Å²) < 4.78 is 0. The van der Waals surface area contributed by atoms with Crippen LogP contribution >= 0.6 is 0 Å². The number of hydrogen-bond acceptors (Lipinski definition) is 2. The Morgan fingerprint density at radius 3 is 2.65 bits per heavy atom. The molecule has 1 fully saturated rings. The van der Waals surface area contributed by atoms with Gasteiger partial charge >= 0.3 is 5.97 Å². The van der Waals surface area contributed by atoms with Gasteiger partial charge in [-0.25, -0.2) is 4.79 Å². The van der Waals surface area contributed by atoms with Crippen LogP contribution in [0, 0.1) is 11.8 Å².